The molecule has 0 radical (unpaired) electrons. The van der Waals surface area contributed by atoms with Crippen LogP contribution in [0.2, 0.25) is 0 Å². The lowest BCUT2D eigenvalue weighted by atomic mass is 9.94. The van der Waals surface area contributed by atoms with Gasteiger partial charge in [0.25, 0.3) is 0 Å². The molecule has 7 heteroatoms. The van der Waals surface area contributed by atoms with E-state index in [1.165, 1.54) is 49.1 Å². The number of carbonyl (C=O) groups excluding carboxylic acids is 1. The number of hydrogen-bond donors (Lipinski definition) is 2. The summed E-state index contributed by atoms with van der Waals surface area (Å²) in [4.78, 5) is 19.8. The van der Waals surface area contributed by atoms with Gasteiger partial charge in [-0.25, -0.2) is 0 Å². The number of aromatic nitrogens is 2. The first-order valence-corrected chi connectivity index (χ1v) is 12.9. The maximum atomic E-state index is 13.1. The van der Waals surface area contributed by atoms with Crippen molar-refractivity contribution in [2.45, 2.75) is 64.1 Å². The summed E-state index contributed by atoms with van der Waals surface area (Å²) in [5.41, 5.74) is 5.46. The van der Waals surface area contributed by atoms with Gasteiger partial charge >= 0.3 is 0 Å². The minimum absolute atomic E-state index is 0.0897. The molecule has 2 N–H and O–H groups in total. The quantitative estimate of drug-likeness (QED) is 0.442. The number of nitrogens with zero attached hydrogens (tertiary/aromatic N) is 3. The molecule has 1 aliphatic heterocycles. The molecule has 2 fully saturated rings. The molecule has 0 spiro atoms. The number of para-hydroxylation sites is 1. The molecule has 3 heterocycles. The van der Waals surface area contributed by atoms with Gasteiger partial charge in [-0.15, -0.1) is 0 Å². The maximum absolute atomic E-state index is 13.1. The van der Waals surface area contributed by atoms with Crippen LogP contribution in [-0.2, 0) is 4.79 Å². The molecule has 1 amide bonds. The molecule has 2 aliphatic rings. The predicted octanol–water partition coefficient (Wildman–Crippen LogP) is 5.62. The Morgan fingerprint density at radius 2 is 1.83 bits per heavy atom. The van der Waals surface area contributed by atoms with E-state index in [2.05, 4.69) is 40.1 Å². The fourth-order valence-corrected chi connectivity index (χ4v) is 6.10. The number of nitrogens with one attached hydrogen (secondary N) is 2. The Bertz CT molecular complexity index is 1190. The molecule has 2 aromatic heterocycles. The van der Waals surface area contributed by atoms with Crippen LogP contribution in [0.5, 0.6) is 0 Å². The second kappa shape index (κ2) is 10.2. The Balaban J connectivity index is 1.49. The molecule has 2 atom stereocenters. The van der Waals surface area contributed by atoms with E-state index in [0.29, 0.717) is 11.2 Å². The van der Waals surface area contributed by atoms with E-state index in [0.717, 1.165) is 11.4 Å². The van der Waals surface area contributed by atoms with Gasteiger partial charge in [0.2, 0.25) is 5.91 Å². The molecule has 35 heavy (non-hydrogen) atoms. The third-order valence-electron chi connectivity index (χ3n) is 7.35. The second-order valence-electron chi connectivity index (χ2n) is 9.66. The summed E-state index contributed by atoms with van der Waals surface area (Å²) in [5.74, 6) is -0.0897. The van der Waals surface area contributed by atoms with Crippen LogP contribution in [0.15, 0.2) is 60.8 Å². The Hall–Kier alpha value is -3.19. The molecule has 1 aliphatic carbocycles. The van der Waals surface area contributed by atoms with Crippen molar-refractivity contribution < 1.29 is 4.79 Å². The van der Waals surface area contributed by atoms with Crippen molar-refractivity contribution in [3.05, 3.63) is 83.4 Å². The average molecular weight is 488 g/mol. The van der Waals surface area contributed by atoms with Gasteiger partial charge in [0, 0.05) is 29.3 Å². The highest BCUT2D eigenvalue weighted by Crippen LogP contribution is 2.42. The topological polar surface area (TPSA) is 62.2 Å². The summed E-state index contributed by atoms with van der Waals surface area (Å²) in [6.07, 6.45) is 8.17. The first-order chi connectivity index (χ1) is 17.0. The first-order valence-electron chi connectivity index (χ1n) is 12.5. The first kappa shape index (κ1) is 23.5. The SMILES string of the molecule is Cc1cc([C@@H]2[C@@H](c3ccccn3)NC(=S)N2CC(=O)Nc2ccccc2)c(C)n1C1CCCCC1. The zero-order valence-electron chi connectivity index (χ0n) is 20.4. The van der Waals surface area contributed by atoms with E-state index < -0.39 is 0 Å². The van der Waals surface area contributed by atoms with E-state index in [-0.39, 0.29) is 24.5 Å². The number of rotatable bonds is 6. The van der Waals surface area contributed by atoms with Crippen molar-refractivity contribution in [3.8, 4) is 0 Å². The third kappa shape index (κ3) is 4.82. The number of pyridine rings is 1. The number of benzene rings is 1. The van der Waals surface area contributed by atoms with Crippen molar-refractivity contribution in [3.63, 3.8) is 0 Å². The smallest absolute Gasteiger partial charge is 0.244 e. The van der Waals surface area contributed by atoms with Gasteiger partial charge in [-0.3, -0.25) is 9.78 Å². The zero-order chi connectivity index (χ0) is 24.4. The maximum Gasteiger partial charge on any atom is 0.244 e. The number of aryl methyl sites for hydroxylation is 1. The molecule has 1 saturated heterocycles. The standard InChI is InChI=1S/C28H33N5OS/c1-19-17-23(20(2)33(19)22-13-7-4-8-14-22)27-26(24-15-9-10-16-29-24)31-28(35)32(27)18-25(34)30-21-11-5-3-6-12-21/h3,5-6,9-12,15-17,22,26-27H,4,7-8,13-14,18H2,1-2H3,(H,30,34)(H,31,35)/t26-,27-/m1/s1. The highest BCUT2D eigenvalue weighted by Gasteiger charge is 2.42. The van der Waals surface area contributed by atoms with Crippen LogP contribution in [0.25, 0.3) is 0 Å². The Morgan fingerprint density at radius 1 is 1.09 bits per heavy atom. The van der Waals surface area contributed by atoms with Crippen LogP contribution in [0.1, 0.15) is 72.9 Å². The number of anilines is 1. The lowest BCUT2D eigenvalue weighted by molar-refractivity contribution is -0.116. The van der Waals surface area contributed by atoms with Crippen molar-refractivity contribution in [2.75, 3.05) is 11.9 Å². The molecule has 1 aromatic carbocycles. The number of carbonyl (C=O) groups is 1. The lowest BCUT2D eigenvalue weighted by Gasteiger charge is -2.29. The molecule has 5 rings (SSSR count). The summed E-state index contributed by atoms with van der Waals surface area (Å²) < 4.78 is 2.52. The summed E-state index contributed by atoms with van der Waals surface area (Å²) >= 11 is 5.79. The van der Waals surface area contributed by atoms with Crippen molar-refractivity contribution in [1.82, 2.24) is 19.8 Å². The van der Waals surface area contributed by atoms with E-state index in [9.17, 15) is 4.79 Å². The molecule has 182 valence electrons. The van der Waals surface area contributed by atoms with Crippen molar-refractivity contribution >= 4 is 28.9 Å². The van der Waals surface area contributed by atoms with Crippen LogP contribution >= 0.6 is 12.2 Å². The van der Waals surface area contributed by atoms with E-state index in [4.69, 9.17) is 12.2 Å². The molecule has 0 unspecified atom stereocenters. The van der Waals surface area contributed by atoms with Crippen molar-refractivity contribution in [1.29, 1.82) is 0 Å². The van der Waals surface area contributed by atoms with E-state index >= 15 is 0 Å². The summed E-state index contributed by atoms with van der Waals surface area (Å²) in [6, 6.07) is 18.1. The summed E-state index contributed by atoms with van der Waals surface area (Å²) in [6.45, 7) is 4.59. The van der Waals surface area contributed by atoms with Crippen LogP contribution in [0.4, 0.5) is 5.69 Å². The van der Waals surface area contributed by atoms with Gasteiger partial charge < -0.3 is 20.1 Å². The van der Waals surface area contributed by atoms with Gasteiger partial charge in [0.1, 0.15) is 6.54 Å². The highest BCUT2D eigenvalue weighted by molar-refractivity contribution is 7.80. The lowest BCUT2D eigenvalue weighted by Crippen LogP contribution is -2.37. The predicted molar refractivity (Wildman–Crippen MR) is 143 cm³/mol. The average Bonchev–Trinajstić information content (AvgIpc) is 3.35. The minimum atomic E-state index is -0.131. The second-order valence-corrected chi connectivity index (χ2v) is 10.0. The molecular weight excluding hydrogens is 454 g/mol. The van der Waals surface area contributed by atoms with E-state index in [1.807, 2.05) is 59.6 Å². The monoisotopic (exact) mass is 487 g/mol. The normalized spacial score (nSPS) is 20.6. The van der Waals surface area contributed by atoms with Gasteiger partial charge in [-0.2, -0.15) is 0 Å². The molecular formula is C28H33N5OS. The zero-order valence-corrected chi connectivity index (χ0v) is 21.2. The summed E-state index contributed by atoms with van der Waals surface area (Å²) in [5, 5.41) is 7.07. The minimum Gasteiger partial charge on any atom is -0.352 e. The number of thiocarbonyl (C=S) groups is 1. The van der Waals surface area contributed by atoms with Gasteiger partial charge in [-0.05, 0) is 74.8 Å². The third-order valence-corrected chi connectivity index (χ3v) is 7.70. The number of amides is 1. The molecule has 1 saturated carbocycles. The Kier molecular flexibility index (Phi) is 6.86. The highest BCUT2D eigenvalue weighted by atomic mass is 32.1. The Labute approximate surface area is 212 Å². The Morgan fingerprint density at radius 3 is 2.54 bits per heavy atom. The van der Waals surface area contributed by atoms with Crippen molar-refractivity contribution in [2.24, 2.45) is 0 Å². The molecule has 3 aromatic rings. The molecule has 6 nitrogen and oxygen atoms in total. The summed E-state index contributed by atoms with van der Waals surface area (Å²) in [7, 11) is 0. The van der Waals surface area contributed by atoms with Crippen LogP contribution < -0.4 is 10.6 Å². The number of hydrogen-bond acceptors (Lipinski definition) is 3. The van der Waals surface area contributed by atoms with Gasteiger partial charge in [-0.1, -0.05) is 43.5 Å². The van der Waals surface area contributed by atoms with Crippen LogP contribution in [-0.4, -0.2) is 32.0 Å². The fourth-order valence-electron chi connectivity index (χ4n) is 5.79. The molecule has 0 bridgehead atoms. The van der Waals surface area contributed by atoms with Crippen LogP contribution in [0, 0.1) is 13.8 Å². The van der Waals surface area contributed by atoms with Gasteiger partial charge in [0.15, 0.2) is 5.11 Å². The fraction of sp³-hybridized carbons (Fsp3) is 0.393. The van der Waals surface area contributed by atoms with Gasteiger partial charge in [0.05, 0.1) is 17.8 Å². The van der Waals surface area contributed by atoms with Crippen LogP contribution in [0.3, 0.4) is 0 Å². The largest absolute Gasteiger partial charge is 0.352 e. The van der Waals surface area contributed by atoms with E-state index in [1.54, 1.807) is 0 Å².